The van der Waals surface area contributed by atoms with E-state index in [1.807, 2.05) is 48.5 Å². The molecule has 2 N–H and O–H groups in total. The number of rotatable bonds is 5. The Bertz CT molecular complexity index is 1400. The Morgan fingerprint density at radius 3 is 2.38 bits per heavy atom. The molecule has 5 rings (SSSR count). The predicted molar refractivity (Wildman–Crippen MR) is 131 cm³/mol. The van der Waals surface area contributed by atoms with Gasteiger partial charge in [-0.2, -0.15) is 0 Å². The lowest BCUT2D eigenvalue weighted by molar-refractivity contribution is 0.0946. The molecule has 0 aliphatic carbocycles. The van der Waals surface area contributed by atoms with Gasteiger partial charge in [0.2, 0.25) is 0 Å². The van der Waals surface area contributed by atoms with Crippen molar-refractivity contribution in [1.82, 2.24) is 15.3 Å². The number of carbonyl (C=O) groups is 1. The summed E-state index contributed by atoms with van der Waals surface area (Å²) in [4.78, 5) is 21.4. The van der Waals surface area contributed by atoms with Gasteiger partial charge in [0.15, 0.2) is 0 Å². The number of fused-ring (bicyclic) bond motifs is 3. The quantitative estimate of drug-likeness (QED) is 0.344. The van der Waals surface area contributed by atoms with E-state index in [2.05, 4.69) is 60.5 Å². The van der Waals surface area contributed by atoms with Crippen molar-refractivity contribution in [3.8, 4) is 11.3 Å². The zero-order valence-electron chi connectivity index (χ0n) is 18.2. The van der Waals surface area contributed by atoms with Gasteiger partial charge in [-0.05, 0) is 29.2 Å². The summed E-state index contributed by atoms with van der Waals surface area (Å²) in [5.74, 6) is 0.279. The van der Waals surface area contributed by atoms with Gasteiger partial charge >= 0.3 is 0 Å². The van der Waals surface area contributed by atoms with E-state index in [0.717, 1.165) is 38.6 Å². The van der Waals surface area contributed by atoms with Crippen LogP contribution >= 0.6 is 0 Å². The van der Waals surface area contributed by atoms with Crippen molar-refractivity contribution >= 4 is 27.7 Å². The van der Waals surface area contributed by atoms with Crippen molar-refractivity contribution in [2.75, 3.05) is 0 Å². The van der Waals surface area contributed by atoms with E-state index in [0.29, 0.717) is 18.2 Å². The first kappa shape index (κ1) is 20.0. The highest BCUT2D eigenvalue weighted by Gasteiger charge is 2.17. The number of hydrogen-bond donors (Lipinski definition) is 2. The van der Waals surface area contributed by atoms with Gasteiger partial charge in [0, 0.05) is 28.4 Å². The third-order valence-electron chi connectivity index (χ3n) is 5.88. The standard InChI is InChI=1S/C28H25N3O/c1-18(2)20-12-14-21(15-13-20)26-27-23(22-10-6-7-11-24(22)30-27)16-25(31-26)28(32)29-17-19-8-4-3-5-9-19/h3-16,18,30H,17H2,1-2H3,(H,29,32). The van der Waals surface area contributed by atoms with Crippen LogP contribution in [0.5, 0.6) is 0 Å². The molecule has 4 heteroatoms. The summed E-state index contributed by atoms with van der Waals surface area (Å²) in [6, 6.07) is 28.4. The number of carbonyl (C=O) groups excluding carboxylic acids is 1. The average molecular weight is 420 g/mol. The number of hydrogen-bond acceptors (Lipinski definition) is 2. The fourth-order valence-corrected chi connectivity index (χ4v) is 4.07. The third-order valence-corrected chi connectivity index (χ3v) is 5.88. The van der Waals surface area contributed by atoms with Crippen molar-refractivity contribution in [1.29, 1.82) is 0 Å². The summed E-state index contributed by atoms with van der Waals surface area (Å²) in [5.41, 5.74) is 6.51. The molecule has 3 aromatic carbocycles. The minimum Gasteiger partial charge on any atom is -0.353 e. The molecule has 0 atom stereocenters. The second kappa shape index (κ2) is 8.31. The molecule has 0 radical (unpaired) electrons. The topological polar surface area (TPSA) is 57.8 Å². The monoisotopic (exact) mass is 419 g/mol. The molecule has 0 spiro atoms. The maximum absolute atomic E-state index is 13.1. The molecule has 0 fully saturated rings. The Balaban J connectivity index is 1.60. The molecule has 0 saturated carbocycles. The molecular formula is C28H25N3O. The lowest BCUT2D eigenvalue weighted by Crippen LogP contribution is -2.24. The van der Waals surface area contributed by atoms with Gasteiger partial charge in [-0.3, -0.25) is 4.79 Å². The smallest absolute Gasteiger partial charge is 0.270 e. The third kappa shape index (κ3) is 3.76. The van der Waals surface area contributed by atoms with Crippen LogP contribution in [0.2, 0.25) is 0 Å². The van der Waals surface area contributed by atoms with Crippen LogP contribution in [0, 0.1) is 0 Å². The zero-order chi connectivity index (χ0) is 22.1. The van der Waals surface area contributed by atoms with Crippen molar-refractivity contribution in [2.45, 2.75) is 26.3 Å². The molecule has 5 aromatic rings. The molecule has 1 amide bonds. The molecule has 0 bridgehead atoms. The maximum Gasteiger partial charge on any atom is 0.270 e. The Hall–Kier alpha value is -3.92. The van der Waals surface area contributed by atoms with Crippen LogP contribution in [-0.2, 0) is 6.54 Å². The minimum atomic E-state index is -0.180. The fraction of sp³-hybridized carbons (Fsp3) is 0.143. The summed E-state index contributed by atoms with van der Waals surface area (Å²) >= 11 is 0. The molecule has 0 saturated heterocycles. The summed E-state index contributed by atoms with van der Waals surface area (Å²) in [6.07, 6.45) is 0. The van der Waals surface area contributed by atoms with Crippen molar-refractivity contribution < 1.29 is 4.79 Å². The first-order chi connectivity index (χ1) is 15.6. The van der Waals surface area contributed by atoms with Crippen LogP contribution in [-0.4, -0.2) is 15.9 Å². The molecule has 0 unspecified atom stereocenters. The van der Waals surface area contributed by atoms with Gasteiger partial charge in [-0.15, -0.1) is 0 Å². The lowest BCUT2D eigenvalue weighted by Gasteiger charge is -2.10. The normalized spacial score (nSPS) is 11.3. The molecule has 0 aliphatic rings. The molecule has 2 aromatic heterocycles. The van der Waals surface area contributed by atoms with Crippen LogP contribution < -0.4 is 5.32 Å². The number of benzene rings is 3. The van der Waals surface area contributed by atoms with Gasteiger partial charge in [0.25, 0.3) is 5.91 Å². The van der Waals surface area contributed by atoms with Crippen LogP contribution in [0.1, 0.15) is 41.4 Å². The minimum absolute atomic E-state index is 0.180. The SMILES string of the molecule is CC(C)c1ccc(-c2nc(C(=O)NCc3ccccc3)cc3c2[nH]c2ccccc23)cc1. The van der Waals surface area contributed by atoms with Gasteiger partial charge in [-0.1, -0.05) is 86.6 Å². The van der Waals surface area contributed by atoms with Gasteiger partial charge < -0.3 is 10.3 Å². The first-order valence-corrected chi connectivity index (χ1v) is 10.9. The van der Waals surface area contributed by atoms with Crippen molar-refractivity contribution in [2.24, 2.45) is 0 Å². The van der Waals surface area contributed by atoms with Crippen molar-refractivity contribution in [3.05, 3.63) is 102 Å². The highest BCUT2D eigenvalue weighted by Crippen LogP contribution is 2.33. The van der Waals surface area contributed by atoms with Crippen LogP contribution in [0.3, 0.4) is 0 Å². The van der Waals surface area contributed by atoms with E-state index < -0.39 is 0 Å². The van der Waals surface area contributed by atoms with Gasteiger partial charge in [-0.25, -0.2) is 4.98 Å². The second-order valence-corrected chi connectivity index (χ2v) is 8.39. The Morgan fingerprint density at radius 1 is 0.906 bits per heavy atom. The number of para-hydroxylation sites is 1. The average Bonchev–Trinajstić information content (AvgIpc) is 3.21. The summed E-state index contributed by atoms with van der Waals surface area (Å²) in [7, 11) is 0. The Morgan fingerprint density at radius 2 is 1.62 bits per heavy atom. The molecule has 2 heterocycles. The molecular weight excluding hydrogens is 394 g/mol. The highest BCUT2D eigenvalue weighted by atomic mass is 16.1. The fourth-order valence-electron chi connectivity index (χ4n) is 4.07. The van der Waals surface area contributed by atoms with Crippen LogP contribution in [0.4, 0.5) is 0 Å². The Kier molecular flexibility index (Phi) is 5.20. The number of pyridine rings is 1. The number of nitrogens with zero attached hydrogens (tertiary/aromatic N) is 1. The summed E-state index contributed by atoms with van der Waals surface area (Å²) < 4.78 is 0. The number of aromatic nitrogens is 2. The molecule has 4 nitrogen and oxygen atoms in total. The number of H-pyrrole nitrogens is 1. The maximum atomic E-state index is 13.1. The largest absolute Gasteiger partial charge is 0.353 e. The number of aromatic amines is 1. The van der Waals surface area contributed by atoms with E-state index in [-0.39, 0.29) is 5.91 Å². The molecule has 32 heavy (non-hydrogen) atoms. The van der Waals surface area contributed by atoms with Gasteiger partial charge in [0.05, 0.1) is 11.2 Å². The van der Waals surface area contributed by atoms with Crippen LogP contribution in [0.25, 0.3) is 33.1 Å². The van der Waals surface area contributed by atoms with E-state index in [4.69, 9.17) is 4.98 Å². The molecule has 0 aliphatic heterocycles. The first-order valence-electron chi connectivity index (χ1n) is 10.9. The molecule has 158 valence electrons. The summed E-state index contributed by atoms with van der Waals surface area (Å²) in [6.45, 7) is 4.83. The zero-order valence-corrected chi connectivity index (χ0v) is 18.2. The van der Waals surface area contributed by atoms with Gasteiger partial charge in [0.1, 0.15) is 5.69 Å². The number of amides is 1. The Labute approximate surface area is 187 Å². The van der Waals surface area contributed by atoms with E-state index >= 15 is 0 Å². The predicted octanol–water partition coefficient (Wildman–Crippen LogP) is 6.44. The second-order valence-electron chi connectivity index (χ2n) is 8.39. The van der Waals surface area contributed by atoms with E-state index in [1.54, 1.807) is 0 Å². The van der Waals surface area contributed by atoms with Crippen LogP contribution in [0.15, 0.2) is 84.9 Å². The number of nitrogens with one attached hydrogen (secondary N) is 2. The van der Waals surface area contributed by atoms with E-state index in [1.165, 1.54) is 5.56 Å². The van der Waals surface area contributed by atoms with Crippen molar-refractivity contribution in [3.63, 3.8) is 0 Å². The summed E-state index contributed by atoms with van der Waals surface area (Å²) in [5, 5.41) is 5.10. The highest BCUT2D eigenvalue weighted by molar-refractivity contribution is 6.13. The lowest BCUT2D eigenvalue weighted by atomic mass is 9.99. The van der Waals surface area contributed by atoms with E-state index in [9.17, 15) is 4.79 Å².